The van der Waals surface area contributed by atoms with Gasteiger partial charge in [0.2, 0.25) is 0 Å². The Labute approximate surface area is 101 Å². The second-order valence-corrected chi connectivity index (χ2v) is 4.26. The number of benzene rings is 1. The van der Waals surface area contributed by atoms with Crippen molar-refractivity contribution < 1.29 is 13.9 Å². The standard InChI is InChI=1S/C13H18FNO2/c1-9-7-10(3-4-11(9)14)12(15-2)8-13-16-5-6-17-13/h3-4,7,12-13,15H,5-6,8H2,1-2H3. The summed E-state index contributed by atoms with van der Waals surface area (Å²) >= 11 is 0. The molecule has 1 aromatic carbocycles. The second-order valence-electron chi connectivity index (χ2n) is 4.26. The van der Waals surface area contributed by atoms with Gasteiger partial charge in [0.15, 0.2) is 6.29 Å². The molecule has 0 saturated carbocycles. The highest BCUT2D eigenvalue weighted by molar-refractivity contribution is 5.26. The fourth-order valence-corrected chi connectivity index (χ4v) is 2.04. The highest BCUT2D eigenvalue weighted by atomic mass is 19.1. The van der Waals surface area contributed by atoms with Crippen LogP contribution in [0.3, 0.4) is 0 Å². The number of aryl methyl sites for hydroxylation is 1. The van der Waals surface area contributed by atoms with Crippen LogP contribution < -0.4 is 5.32 Å². The highest BCUT2D eigenvalue weighted by Crippen LogP contribution is 2.23. The highest BCUT2D eigenvalue weighted by Gasteiger charge is 2.21. The summed E-state index contributed by atoms with van der Waals surface area (Å²) in [7, 11) is 1.89. The maximum Gasteiger partial charge on any atom is 0.159 e. The lowest BCUT2D eigenvalue weighted by molar-refractivity contribution is -0.0526. The fraction of sp³-hybridized carbons (Fsp3) is 0.538. The van der Waals surface area contributed by atoms with Crippen LogP contribution in [0.15, 0.2) is 18.2 Å². The molecular weight excluding hydrogens is 221 g/mol. The van der Waals surface area contributed by atoms with Gasteiger partial charge in [-0.15, -0.1) is 0 Å². The molecule has 1 heterocycles. The van der Waals surface area contributed by atoms with Gasteiger partial charge in [0.1, 0.15) is 5.82 Å². The first-order valence-corrected chi connectivity index (χ1v) is 5.87. The molecule has 17 heavy (non-hydrogen) atoms. The van der Waals surface area contributed by atoms with Crippen molar-refractivity contribution in [2.24, 2.45) is 0 Å². The molecule has 1 aliphatic heterocycles. The third-order valence-electron chi connectivity index (χ3n) is 3.05. The summed E-state index contributed by atoms with van der Waals surface area (Å²) in [6, 6.07) is 5.30. The number of ether oxygens (including phenoxy) is 2. The SMILES string of the molecule is CNC(CC1OCCO1)c1ccc(F)c(C)c1. The van der Waals surface area contributed by atoms with E-state index in [-0.39, 0.29) is 18.1 Å². The van der Waals surface area contributed by atoms with E-state index in [1.54, 1.807) is 13.0 Å². The van der Waals surface area contributed by atoms with E-state index in [1.165, 1.54) is 6.07 Å². The number of rotatable bonds is 4. The Morgan fingerprint density at radius 1 is 1.41 bits per heavy atom. The number of hydrogen-bond donors (Lipinski definition) is 1. The molecule has 1 aliphatic rings. The average molecular weight is 239 g/mol. The monoisotopic (exact) mass is 239 g/mol. The lowest BCUT2D eigenvalue weighted by Crippen LogP contribution is -2.23. The predicted octanol–water partition coefficient (Wildman–Crippen LogP) is 2.16. The van der Waals surface area contributed by atoms with Gasteiger partial charge in [-0.1, -0.05) is 12.1 Å². The number of halogens is 1. The van der Waals surface area contributed by atoms with E-state index in [1.807, 2.05) is 13.1 Å². The Bertz CT molecular complexity index is 378. The van der Waals surface area contributed by atoms with Crippen LogP contribution in [-0.2, 0) is 9.47 Å². The van der Waals surface area contributed by atoms with Crippen molar-refractivity contribution in [2.45, 2.75) is 25.7 Å². The first-order valence-electron chi connectivity index (χ1n) is 5.87. The largest absolute Gasteiger partial charge is 0.350 e. The molecule has 0 spiro atoms. The first kappa shape index (κ1) is 12.5. The second kappa shape index (κ2) is 5.58. The molecule has 0 bridgehead atoms. The predicted molar refractivity (Wildman–Crippen MR) is 63.2 cm³/mol. The molecule has 0 radical (unpaired) electrons. The van der Waals surface area contributed by atoms with Gasteiger partial charge in [0.05, 0.1) is 13.2 Å². The molecule has 1 aromatic rings. The minimum atomic E-state index is -0.169. The van der Waals surface area contributed by atoms with Gasteiger partial charge in [-0.3, -0.25) is 0 Å². The molecule has 2 rings (SSSR count). The van der Waals surface area contributed by atoms with Gasteiger partial charge in [0, 0.05) is 12.5 Å². The third kappa shape index (κ3) is 3.03. The van der Waals surface area contributed by atoms with Crippen LogP contribution in [0.4, 0.5) is 4.39 Å². The summed E-state index contributed by atoms with van der Waals surface area (Å²) in [5.74, 6) is -0.169. The molecule has 3 nitrogen and oxygen atoms in total. The summed E-state index contributed by atoms with van der Waals surface area (Å²) in [6.07, 6.45) is 0.583. The fourth-order valence-electron chi connectivity index (χ4n) is 2.04. The minimum absolute atomic E-state index is 0.123. The number of hydrogen-bond acceptors (Lipinski definition) is 3. The normalized spacial score (nSPS) is 18.5. The van der Waals surface area contributed by atoms with E-state index in [0.29, 0.717) is 18.8 Å². The zero-order valence-corrected chi connectivity index (χ0v) is 10.2. The van der Waals surface area contributed by atoms with E-state index in [4.69, 9.17) is 9.47 Å². The zero-order chi connectivity index (χ0) is 12.3. The molecule has 1 saturated heterocycles. The third-order valence-corrected chi connectivity index (χ3v) is 3.05. The van der Waals surface area contributed by atoms with Gasteiger partial charge in [-0.25, -0.2) is 4.39 Å². The van der Waals surface area contributed by atoms with E-state index in [9.17, 15) is 4.39 Å². The minimum Gasteiger partial charge on any atom is -0.350 e. The number of nitrogens with one attached hydrogen (secondary N) is 1. The molecule has 0 aromatic heterocycles. The van der Waals surface area contributed by atoms with Gasteiger partial charge >= 0.3 is 0 Å². The molecule has 1 N–H and O–H groups in total. The van der Waals surface area contributed by atoms with Gasteiger partial charge in [-0.2, -0.15) is 0 Å². The van der Waals surface area contributed by atoms with Crippen LogP contribution >= 0.6 is 0 Å². The van der Waals surface area contributed by atoms with E-state index in [2.05, 4.69) is 5.32 Å². The summed E-state index contributed by atoms with van der Waals surface area (Å²) in [6.45, 7) is 3.08. The van der Waals surface area contributed by atoms with Crippen molar-refractivity contribution in [1.29, 1.82) is 0 Å². The Hall–Kier alpha value is -0.970. The molecule has 1 fully saturated rings. The average Bonchev–Trinajstić information content (AvgIpc) is 2.82. The van der Waals surface area contributed by atoms with Gasteiger partial charge in [-0.05, 0) is 31.2 Å². The van der Waals surface area contributed by atoms with E-state index < -0.39 is 0 Å². The van der Waals surface area contributed by atoms with E-state index >= 15 is 0 Å². The zero-order valence-electron chi connectivity index (χ0n) is 10.2. The van der Waals surface area contributed by atoms with Crippen LogP contribution in [0.5, 0.6) is 0 Å². The Morgan fingerprint density at radius 2 is 2.12 bits per heavy atom. The van der Waals surface area contributed by atoms with Crippen molar-refractivity contribution in [2.75, 3.05) is 20.3 Å². The lowest BCUT2D eigenvalue weighted by atomic mass is 10.0. The summed E-state index contributed by atoms with van der Waals surface area (Å²) in [5, 5.41) is 3.21. The van der Waals surface area contributed by atoms with Crippen molar-refractivity contribution in [3.05, 3.63) is 35.1 Å². The maximum atomic E-state index is 13.2. The topological polar surface area (TPSA) is 30.5 Å². The van der Waals surface area contributed by atoms with Crippen LogP contribution in [0.1, 0.15) is 23.6 Å². The van der Waals surface area contributed by atoms with Crippen molar-refractivity contribution >= 4 is 0 Å². The Kier molecular flexibility index (Phi) is 4.10. The molecule has 1 atom stereocenters. The van der Waals surface area contributed by atoms with Crippen molar-refractivity contribution in [3.63, 3.8) is 0 Å². The summed E-state index contributed by atoms with van der Waals surface area (Å²) in [5.41, 5.74) is 1.72. The Balaban J connectivity index is 2.08. The van der Waals surface area contributed by atoms with E-state index in [0.717, 1.165) is 12.0 Å². The van der Waals surface area contributed by atoms with Crippen molar-refractivity contribution in [3.8, 4) is 0 Å². The van der Waals surface area contributed by atoms with Gasteiger partial charge < -0.3 is 14.8 Å². The van der Waals surface area contributed by atoms with Crippen LogP contribution in [-0.4, -0.2) is 26.6 Å². The van der Waals surface area contributed by atoms with Crippen LogP contribution in [0.25, 0.3) is 0 Å². The quantitative estimate of drug-likeness (QED) is 0.873. The lowest BCUT2D eigenvalue weighted by Gasteiger charge is -2.20. The smallest absolute Gasteiger partial charge is 0.159 e. The summed E-state index contributed by atoms with van der Waals surface area (Å²) in [4.78, 5) is 0. The molecule has 0 amide bonds. The Morgan fingerprint density at radius 3 is 2.71 bits per heavy atom. The molecular formula is C13H18FNO2. The first-order chi connectivity index (χ1) is 8.20. The molecule has 1 unspecified atom stereocenters. The van der Waals surface area contributed by atoms with Crippen LogP contribution in [0, 0.1) is 12.7 Å². The molecule has 94 valence electrons. The molecule has 4 heteroatoms. The maximum absolute atomic E-state index is 13.2. The molecule has 0 aliphatic carbocycles. The van der Waals surface area contributed by atoms with Crippen LogP contribution in [0.2, 0.25) is 0 Å². The van der Waals surface area contributed by atoms with Crippen molar-refractivity contribution in [1.82, 2.24) is 5.32 Å². The summed E-state index contributed by atoms with van der Waals surface area (Å²) < 4.78 is 24.0. The van der Waals surface area contributed by atoms with Gasteiger partial charge in [0.25, 0.3) is 0 Å².